The third kappa shape index (κ3) is 3.90. The summed E-state index contributed by atoms with van der Waals surface area (Å²) in [6.45, 7) is 0.331. The van der Waals surface area contributed by atoms with E-state index in [0.717, 1.165) is 4.57 Å². The quantitative estimate of drug-likeness (QED) is 0.473. The average molecular weight is 421 g/mol. The molecule has 1 N–H and O–H groups in total. The van der Waals surface area contributed by atoms with Crippen LogP contribution in [0, 0.1) is 10.1 Å². The van der Waals surface area contributed by atoms with E-state index in [-0.39, 0.29) is 39.9 Å². The lowest BCUT2D eigenvalue weighted by Gasteiger charge is -2.08. The number of carbonyl (C=O) groups excluding carboxylic acids is 1. The van der Waals surface area contributed by atoms with E-state index in [0.29, 0.717) is 13.0 Å². The number of benzene rings is 1. The van der Waals surface area contributed by atoms with Gasteiger partial charge in [-0.2, -0.15) is 0 Å². The Labute approximate surface area is 168 Å². The molecule has 152 valence electrons. The Morgan fingerprint density at radius 3 is 2.69 bits per heavy atom. The average Bonchev–Trinajstić information content (AvgIpc) is 3.10. The molecule has 0 aliphatic rings. The molecule has 1 aromatic carbocycles. The lowest BCUT2D eigenvalue weighted by molar-refractivity contribution is -0.384. The number of nitrogens with zero attached hydrogens (tertiary/aromatic N) is 5. The van der Waals surface area contributed by atoms with Crippen LogP contribution in [0.25, 0.3) is 11.2 Å². The van der Waals surface area contributed by atoms with Crippen LogP contribution in [0.2, 0.25) is 5.02 Å². The first-order valence-corrected chi connectivity index (χ1v) is 8.93. The smallest absolute Gasteiger partial charge is 0.326 e. The number of fused-ring (bicyclic) bond motifs is 1. The minimum absolute atomic E-state index is 0.0176. The summed E-state index contributed by atoms with van der Waals surface area (Å²) in [7, 11) is 2.92. The van der Waals surface area contributed by atoms with Crippen molar-refractivity contribution in [3.8, 4) is 0 Å². The van der Waals surface area contributed by atoms with Crippen molar-refractivity contribution in [3.05, 3.63) is 60.5 Å². The van der Waals surface area contributed by atoms with Crippen LogP contribution in [0.15, 0.2) is 34.1 Å². The normalized spacial score (nSPS) is 11.0. The number of aryl methyl sites for hydroxylation is 2. The molecule has 0 spiro atoms. The van der Waals surface area contributed by atoms with E-state index in [1.165, 1.54) is 43.2 Å². The van der Waals surface area contributed by atoms with Gasteiger partial charge in [-0.15, -0.1) is 0 Å². The van der Waals surface area contributed by atoms with E-state index in [1.807, 2.05) is 0 Å². The Balaban J connectivity index is 1.69. The van der Waals surface area contributed by atoms with Crippen LogP contribution in [0.5, 0.6) is 0 Å². The minimum Gasteiger partial charge on any atom is -0.326 e. The Morgan fingerprint density at radius 1 is 1.28 bits per heavy atom. The lowest BCUT2D eigenvalue weighted by atomic mass is 10.2. The van der Waals surface area contributed by atoms with Crippen LogP contribution >= 0.6 is 11.6 Å². The number of nitro groups is 1. The van der Waals surface area contributed by atoms with Crippen molar-refractivity contribution >= 4 is 40.0 Å². The predicted molar refractivity (Wildman–Crippen MR) is 106 cm³/mol. The summed E-state index contributed by atoms with van der Waals surface area (Å²) in [6, 6.07) is 4.00. The zero-order chi connectivity index (χ0) is 21.3. The second-order valence-electron chi connectivity index (χ2n) is 6.39. The van der Waals surface area contributed by atoms with Crippen LogP contribution in [0.3, 0.4) is 0 Å². The molecule has 29 heavy (non-hydrogen) atoms. The first kappa shape index (κ1) is 20.3. The molecule has 11 nitrogen and oxygen atoms in total. The second-order valence-corrected chi connectivity index (χ2v) is 6.80. The lowest BCUT2D eigenvalue weighted by Crippen LogP contribution is -2.37. The van der Waals surface area contributed by atoms with Gasteiger partial charge in [0.15, 0.2) is 11.2 Å². The monoisotopic (exact) mass is 420 g/mol. The SMILES string of the molecule is Cn1c(=O)c2c(ncn2CCCC(=O)Nc2ccc(Cl)c([N+](=O)[O-])c2)n(C)c1=O. The number of anilines is 1. The first-order chi connectivity index (χ1) is 13.7. The van der Waals surface area contributed by atoms with Gasteiger partial charge in [-0.05, 0) is 18.6 Å². The third-order valence-corrected chi connectivity index (χ3v) is 4.77. The Hall–Kier alpha value is -3.47. The zero-order valence-corrected chi connectivity index (χ0v) is 16.3. The highest BCUT2D eigenvalue weighted by atomic mass is 35.5. The molecule has 3 aromatic rings. The van der Waals surface area contributed by atoms with Crippen molar-refractivity contribution in [2.45, 2.75) is 19.4 Å². The molecule has 3 rings (SSSR count). The molecule has 0 aliphatic carbocycles. The molecule has 2 heterocycles. The third-order valence-electron chi connectivity index (χ3n) is 4.45. The van der Waals surface area contributed by atoms with E-state index >= 15 is 0 Å². The summed E-state index contributed by atoms with van der Waals surface area (Å²) < 4.78 is 3.88. The predicted octanol–water partition coefficient (Wildman–Crippen LogP) is 1.41. The van der Waals surface area contributed by atoms with Gasteiger partial charge in [0.2, 0.25) is 5.91 Å². The maximum Gasteiger partial charge on any atom is 0.332 e. The minimum atomic E-state index is -0.629. The number of amides is 1. The van der Waals surface area contributed by atoms with Crippen molar-refractivity contribution < 1.29 is 9.72 Å². The summed E-state index contributed by atoms with van der Waals surface area (Å²) in [4.78, 5) is 50.9. The molecule has 0 unspecified atom stereocenters. The second kappa shape index (κ2) is 7.87. The van der Waals surface area contributed by atoms with Crippen molar-refractivity contribution in [3.63, 3.8) is 0 Å². The fraction of sp³-hybridized carbons (Fsp3) is 0.294. The van der Waals surface area contributed by atoms with Crippen LogP contribution < -0.4 is 16.6 Å². The number of carbonyl (C=O) groups is 1. The highest BCUT2D eigenvalue weighted by molar-refractivity contribution is 6.32. The molecular formula is C17H17ClN6O5. The van der Waals surface area contributed by atoms with Gasteiger partial charge in [0.05, 0.1) is 11.3 Å². The molecule has 1 amide bonds. The van der Waals surface area contributed by atoms with Crippen molar-refractivity contribution in [2.24, 2.45) is 14.1 Å². The number of imidazole rings is 1. The summed E-state index contributed by atoms with van der Waals surface area (Å²) in [5.41, 5.74) is -0.402. The fourth-order valence-corrected chi connectivity index (χ4v) is 3.12. The number of hydrogen-bond donors (Lipinski definition) is 1. The van der Waals surface area contributed by atoms with E-state index in [2.05, 4.69) is 10.3 Å². The van der Waals surface area contributed by atoms with Gasteiger partial charge in [0.1, 0.15) is 5.02 Å². The standard InChI is InChI=1S/C17H17ClN6O5/c1-21-15-14(16(26)22(2)17(21)27)23(9-19-15)7-3-4-13(25)20-10-5-6-11(18)12(8-10)24(28)29/h5-6,8-9H,3-4,7H2,1-2H3,(H,20,25). The molecule has 12 heteroatoms. The molecule has 2 aromatic heterocycles. The number of rotatable bonds is 6. The molecule has 0 saturated carbocycles. The van der Waals surface area contributed by atoms with Crippen LogP contribution in [-0.4, -0.2) is 29.5 Å². The van der Waals surface area contributed by atoms with Crippen molar-refractivity contribution in [1.29, 1.82) is 0 Å². The van der Waals surface area contributed by atoms with Gasteiger partial charge in [-0.25, -0.2) is 9.78 Å². The fourth-order valence-electron chi connectivity index (χ4n) is 2.93. The number of hydrogen-bond acceptors (Lipinski definition) is 6. The van der Waals surface area contributed by atoms with Crippen molar-refractivity contribution in [1.82, 2.24) is 18.7 Å². The van der Waals surface area contributed by atoms with Gasteiger partial charge in [0.25, 0.3) is 11.2 Å². The molecular weight excluding hydrogens is 404 g/mol. The number of nitrogens with one attached hydrogen (secondary N) is 1. The summed E-state index contributed by atoms with van der Waals surface area (Å²) >= 11 is 5.75. The van der Waals surface area contributed by atoms with Crippen LogP contribution in [0.1, 0.15) is 12.8 Å². The molecule has 0 atom stereocenters. The number of nitro benzene ring substituents is 1. The molecule has 0 radical (unpaired) electrons. The zero-order valence-electron chi connectivity index (χ0n) is 15.6. The first-order valence-electron chi connectivity index (χ1n) is 8.55. The largest absolute Gasteiger partial charge is 0.332 e. The number of aromatic nitrogens is 4. The van der Waals surface area contributed by atoms with Crippen molar-refractivity contribution in [2.75, 3.05) is 5.32 Å². The highest BCUT2D eigenvalue weighted by Gasteiger charge is 2.16. The van der Waals surface area contributed by atoms with Gasteiger partial charge in [-0.3, -0.25) is 28.8 Å². The molecule has 0 bridgehead atoms. The Morgan fingerprint density at radius 2 is 2.00 bits per heavy atom. The van der Waals surface area contributed by atoms with E-state index < -0.39 is 16.2 Å². The molecule has 0 fully saturated rings. The van der Waals surface area contributed by atoms with Crippen LogP contribution in [0.4, 0.5) is 11.4 Å². The topological polar surface area (TPSA) is 134 Å². The highest BCUT2D eigenvalue weighted by Crippen LogP contribution is 2.27. The Kier molecular flexibility index (Phi) is 5.50. The Bertz CT molecular complexity index is 1240. The summed E-state index contributed by atoms with van der Waals surface area (Å²) in [5, 5.41) is 13.5. The van der Waals surface area contributed by atoms with Crippen LogP contribution in [-0.2, 0) is 25.4 Å². The number of halogens is 1. The maximum atomic E-state index is 12.4. The summed E-state index contributed by atoms with van der Waals surface area (Å²) in [6.07, 6.45) is 1.95. The van der Waals surface area contributed by atoms with Gasteiger partial charge < -0.3 is 9.88 Å². The summed E-state index contributed by atoms with van der Waals surface area (Å²) in [5.74, 6) is -0.341. The van der Waals surface area contributed by atoms with E-state index in [4.69, 9.17) is 11.6 Å². The van der Waals surface area contributed by atoms with Gasteiger partial charge in [0, 0.05) is 38.8 Å². The maximum absolute atomic E-state index is 12.4. The van der Waals surface area contributed by atoms with E-state index in [9.17, 15) is 24.5 Å². The molecule has 0 aliphatic heterocycles. The molecule has 0 saturated heterocycles. The van der Waals surface area contributed by atoms with Gasteiger partial charge >= 0.3 is 5.69 Å². The van der Waals surface area contributed by atoms with Gasteiger partial charge in [-0.1, -0.05) is 11.6 Å². The van der Waals surface area contributed by atoms with E-state index in [1.54, 1.807) is 4.57 Å².